The topological polar surface area (TPSA) is 69.7 Å². The summed E-state index contributed by atoms with van der Waals surface area (Å²) in [7, 11) is -7.51. The van der Waals surface area contributed by atoms with E-state index in [4.69, 9.17) is 9.47 Å². The zero-order valence-corrected chi connectivity index (χ0v) is 24.9. The number of rotatable bonds is 8. The molecule has 1 aliphatic rings. The van der Waals surface area contributed by atoms with Crippen molar-refractivity contribution in [1.29, 1.82) is 0 Å². The molecule has 7 heteroatoms. The minimum Gasteiger partial charge on any atom is -0.494 e. The van der Waals surface area contributed by atoms with Crippen LogP contribution < -0.4 is 30.7 Å². The Labute approximate surface area is 245 Å². The zero-order valence-electron chi connectivity index (χ0n) is 23.1. The molecule has 0 saturated heterocycles. The van der Waals surface area contributed by atoms with Crippen molar-refractivity contribution in [2.45, 2.75) is 18.2 Å². The molecule has 5 aromatic rings. The van der Waals surface area contributed by atoms with E-state index in [0.717, 1.165) is 0 Å². The van der Waals surface area contributed by atoms with E-state index >= 15 is 9.13 Å². The van der Waals surface area contributed by atoms with Crippen molar-refractivity contribution in [3.63, 3.8) is 0 Å². The third-order valence-corrected chi connectivity index (χ3v) is 14.9. The molecule has 1 aliphatic heterocycles. The van der Waals surface area contributed by atoms with Crippen molar-refractivity contribution in [2.75, 3.05) is 6.61 Å². The maximum atomic E-state index is 16.0. The van der Waals surface area contributed by atoms with Crippen molar-refractivity contribution in [1.82, 2.24) is 0 Å². The third kappa shape index (κ3) is 4.73. The quantitative estimate of drug-likeness (QED) is 0.118. The summed E-state index contributed by atoms with van der Waals surface area (Å²) >= 11 is 0. The van der Waals surface area contributed by atoms with Gasteiger partial charge in [0.25, 0.3) is 0 Å². The van der Waals surface area contributed by atoms with Crippen LogP contribution in [0.25, 0.3) is 0 Å². The Morgan fingerprint density at radius 1 is 0.595 bits per heavy atom. The summed E-state index contributed by atoms with van der Waals surface area (Å²) in [5.74, 6) is 0.126. The number of carbonyl (C=O) groups excluding carboxylic acids is 1. The van der Waals surface area contributed by atoms with Crippen molar-refractivity contribution in [3.05, 3.63) is 145 Å². The summed E-state index contributed by atoms with van der Waals surface area (Å²) in [6.07, 6.45) is 0. The molecule has 5 nitrogen and oxygen atoms in total. The van der Waals surface area contributed by atoms with Gasteiger partial charge in [-0.25, -0.2) is 0 Å². The van der Waals surface area contributed by atoms with Crippen LogP contribution in [0.15, 0.2) is 140 Å². The van der Waals surface area contributed by atoms with E-state index in [9.17, 15) is 4.79 Å². The molecule has 0 N–H and O–H groups in total. The van der Waals surface area contributed by atoms with Crippen molar-refractivity contribution < 1.29 is 23.4 Å². The summed E-state index contributed by atoms with van der Waals surface area (Å²) in [6.45, 7) is 2.31. The highest BCUT2D eigenvalue weighted by Crippen LogP contribution is 2.69. The number of hydrogen-bond donors (Lipinski definition) is 0. The molecule has 0 spiro atoms. The molecule has 0 unspecified atom stereocenters. The van der Waals surface area contributed by atoms with Gasteiger partial charge in [-0.2, -0.15) is 0 Å². The van der Waals surface area contributed by atoms with Gasteiger partial charge >= 0.3 is 5.97 Å². The smallest absolute Gasteiger partial charge is 0.323 e. The molecule has 0 saturated carbocycles. The SMILES string of the molecule is CCOc1ccc2c(c1)OC(=O)[C@H](P(=O)(c1ccccc1)c1ccccc1)[C@H]2P(=O)(c1ccccc1)c1ccccc1. The van der Waals surface area contributed by atoms with Gasteiger partial charge in [-0.05, 0) is 13.0 Å². The summed E-state index contributed by atoms with van der Waals surface area (Å²) in [4.78, 5) is 14.4. The molecule has 0 amide bonds. The molecule has 0 radical (unpaired) electrons. The van der Waals surface area contributed by atoms with Gasteiger partial charge in [0.05, 0.1) is 12.3 Å². The fraction of sp³-hybridized carbons (Fsp3) is 0.114. The van der Waals surface area contributed by atoms with Crippen LogP contribution in [0, 0.1) is 0 Å². The molecular weight excluding hydrogens is 562 g/mol. The summed E-state index contributed by atoms with van der Waals surface area (Å²) in [5.41, 5.74) is -1.69. The van der Waals surface area contributed by atoms with Crippen molar-refractivity contribution in [3.8, 4) is 11.5 Å². The fourth-order valence-corrected chi connectivity index (χ4v) is 13.4. The monoisotopic (exact) mass is 592 g/mol. The Morgan fingerprint density at radius 2 is 1.00 bits per heavy atom. The van der Waals surface area contributed by atoms with Crippen molar-refractivity contribution >= 4 is 41.5 Å². The highest BCUT2D eigenvalue weighted by molar-refractivity contribution is 7.83. The van der Waals surface area contributed by atoms with Crippen LogP contribution in [0.5, 0.6) is 11.5 Å². The maximum absolute atomic E-state index is 16.0. The van der Waals surface area contributed by atoms with Gasteiger partial charge in [0.15, 0.2) is 14.3 Å². The highest BCUT2D eigenvalue weighted by Gasteiger charge is 2.57. The summed E-state index contributed by atoms with van der Waals surface area (Å²) < 4.78 is 43.6. The van der Waals surface area contributed by atoms with Crippen LogP contribution in [-0.2, 0) is 13.9 Å². The number of fused-ring (bicyclic) bond motifs is 1. The Balaban J connectivity index is 1.71. The lowest BCUT2D eigenvalue weighted by molar-refractivity contribution is -0.134. The Kier molecular flexibility index (Phi) is 7.73. The first-order chi connectivity index (χ1) is 20.5. The fourth-order valence-electron chi connectivity index (χ4n) is 5.85. The number of benzene rings is 5. The zero-order chi connectivity index (χ0) is 29.2. The van der Waals surface area contributed by atoms with Crippen LogP contribution in [0.4, 0.5) is 0 Å². The Bertz CT molecular complexity index is 1700. The van der Waals surface area contributed by atoms with Crippen LogP contribution in [0.3, 0.4) is 0 Å². The third-order valence-electron chi connectivity index (χ3n) is 7.71. The Hall–Kier alpha value is -4.17. The van der Waals surface area contributed by atoms with Crippen molar-refractivity contribution in [2.24, 2.45) is 0 Å². The van der Waals surface area contributed by atoms with Gasteiger partial charge in [0, 0.05) is 32.8 Å². The van der Waals surface area contributed by atoms with E-state index in [2.05, 4.69) is 0 Å². The predicted octanol–water partition coefficient (Wildman–Crippen LogP) is 6.44. The van der Waals surface area contributed by atoms with Gasteiger partial charge in [-0.3, -0.25) is 4.79 Å². The standard InChI is InChI=1S/C35H30O5P2/c1-2-39-26-23-24-31-32(25-26)40-35(36)34(42(38,29-19-11-5-12-20-29)30-21-13-6-14-22-30)33(31)41(37,27-15-7-3-8-16-27)28-17-9-4-10-18-28/h3-25,33-34H,2H2,1H3/t33-,34+/m0/s1. The molecule has 0 aromatic heterocycles. The van der Waals surface area contributed by atoms with E-state index in [1.165, 1.54) is 0 Å². The average Bonchev–Trinajstić information content (AvgIpc) is 3.05. The summed E-state index contributed by atoms with van der Waals surface area (Å²) in [5, 5.41) is 2.16. The number of carbonyl (C=O) groups is 1. The normalized spacial score (nSPS) is 16.7. The molecule has 42 heavy (non-hydrogen) atoms. The Morgan fingerprint density at radius 3 is 1.40 bits per heavy atom. The van der Waals surface area contributed by atoms with E-state index in [-0.39, 0.29) is 5.75 Å². The number of hydrogen-bond acceptors (Lipinski definition) is 5. The first-order valence-electron chi connectivity index (χ1n) is 13.9. The molecule has 1 heterocycles. The molecular formula is C35H30O5P2. The van der Waals surface area contributed by atoms with Crippen LogP contribution in [0.2, 0.25) is 0 Å². The molecule has 0 bridgehead atoms. The molecule has 5 aromatic carbocycles. The van der Waals surface area contributed by atoms with E-state index in [0.29, 0.717) is 39.1 Å². The summed E-state index contributed by atoms with van der Waals surface area (Å²) in [6, 6.07) is 41.7. The minimum absolute atomic E-state index is 0.270. The number of ether oxygens (including phenoxy) is 2. The second-order valence-electron chi connectivity index (χ2n) is 10.1. The molecule has 6 rings (SSSR count). The van der Waals surface area contributed by atoms with Crippen LogP contribution >= 0.6 is 14.3 Å². The number of esters is 1. The van der Waals surface area contributed by atoms with Gasteiger partial charge in [-0.1, -0.05) is 127 Å². The second-order valence-corrected chi connectivity index (χ2v) is 15.9. The van der Waals surface area contributed by atoms with Gasteiger partial charge in [0.1, 0.15) is 17.2 Å². The molecule has 210 valence electrons. The first kappa shape index (κ1) is 28.0. The van der Waals surface area contributed by atoms with Gasteiger partial charge in [0.2, 0.25) is 0 Å². The van der Waals surface area contributed by atoms with Gasteiger partial charge < -0.3 is 18.6 Å². The highest BCUT2D eigenvalue weighted by atomic mass is 31.2. The lowest BCUT2D eigenvalue weighted by Gasteiger charge is -2.41. The van der Waals surface area contributed by atoms with Gasteiger partial charge in [-0.15, -0.1) is 0 Å². The van der Waals surface area contributed by atoms with E-state index in [1.807, 2.05) is 110 Å². The largest absolute Gasteiger partial charge is 0.494 e. The second kappa shape index (κ2) is 11.6. The molecule has 0 aliphatic carbocycles. The van der Waals surface area contributed by atoms with Crippen LogP contribution in [-0.4, -0.2) is 18.2 Å². The maximum Gasteiger partial charge on any atom is 0.323 e. The lowest BCUT2D eigenvalue weighted by Crippen LogP contribution is -2.43. The van der Waals surface area contributed by atoms with E-state index < -0.39 is 31.6 Å². The van der Waals surface area contributed by atoms with Crippen LogP contribution in [0.1, 0.15) is 18.1 Å². The predicted molar refractivity (Wildman–Crippen MR) is 169 cm³/mol. The average molecular weight is 593 g/mol. The minimum atomic E-state index is -3.81. The van der Waals surface area contributed by atoms with E-state index in [1.54, 1.807) is 36.4 Å². The lowest BCUT2D eigenvalue weighted by atomic mass is 10.0. The molecule has 2 atom stereocenters. The molecule has 0 fully saturated rings. The first-order valence-corrected chi connectivity index (χ1v) is 17.4.